The molecule has 0 unspecified atom stereocenters. The third-order valence-corrected chi connectivity index (χ3v) is 6.63. The Kier molecular flexibility index (Phi) is 6.13. The lowest BCUT2D eigenvalue weighted by atomic mass is 9.57. The van der Waals surface area contributed by atoms with Crippen molar-refractivity contribution in [3.63, 3.8) is 0 Å². The van der Waals surface area contributed by atoms with E-state index in [1.807, 2.05) is 13.8 Å². The molecule has 1 spiro atoms. The lowest BCUT2D eigenvalue weighted by molar-refractivity contribution is -0.133. The number of amides is 1. The summed E-state index contributed by atoms with van der Waals surface area (Å²) in [7, 11) is 0. The van der Waals surface area contributed by atoms with Crippen LogP contribution in [-0.2, 0) is 11.2 Å². The minimum atomic E-state index is -3.03. The van der Waals surface area contributed by atoms with Crippen molar-refractivity contribution in [1.82, 2.24) is 20.2 Å². The fourth-order valence-corrected chi connectivity index (χ4v) is 5.13. The highest BCUT2D eigenvalue weighted by atomic mass is 19.3. The largest absolute Gasteiger partial charge is 0.432 e. The van der Waals surface area contributed by atoms with Crippen LogP contribution in [0.5, 0.6) is 5.75 Å². The number of imidazole rings is 1. The summed E-state index contributed by atoms with van der Waals surface area (Å²) in [4.78, 5) is 21.7. The van der Waals surface area contributed by atoms with Crippen LogP contribution in [0.25, 0.3) is 11.0 Å². The molecule has 1 aromatic carbocycles. The van der Waals surface area contributed by atoms with Crippen LogP contribution in [-0.4, -0.2) is 52.6 Å². The van der Waals surface area contributed by atoms with Gasteiger partial charge < -0.3 is 15.0 Å². The molecule has 176 valence electrons. The van der Waals surface area contributed by atoms with Gasteiger partial charge in [0.05, 0.1) is 12.1 Å². The second-order valence-corrected chi connectivity index (χ2v) is 9.59. The first-order valence-electron chi connectivity index (χ1n) is 11.4. The van der Waals surface area contributed by atoms with Crippen molar-refractivity contribution in [2.24, 2.45) is 11.3 Å². The summed E-state index contributed by atoms with van der Waals surface area (Å²) in [6.45, 7) is 5.38. The van der Waals surface area contributed by atoms with Gasteiger partial charge in [0.2, 0.25) is 5.91 Å². The SMILES string of the molecule is CC.CC1(NC(=O)CN2CC3(CC(Cc4nc5c(OC(F)F)cc(F)cc5[nH]4)C3)C2)CC1. The van der Waals surface area contributed by atoms with Crippen LogP contribution < -0.4 is 10.1 Å². The molecular formula is C23H31F3N4O2. The van der Waals surface area contributed by atoms with Gasteiger partial charge in [0, 0.05) is 31.1 Å². The highest BCUT2D eigenvalue weighted by molar-refractivity contribution is 5.82. The Morgan fingerprint density at radius 3 is 2.62 bits per heavy atom. The van der Waals surface area contributed by atoms with Crippen molar-refractivity contribution in [3.8, 4) is 5.75 Å². The number of alkyl halides is 2. The fraction of sp³-hybridized carbons (Fsp3) is 0.652. The summed E-state index contributed by atoms with van der Waals surface area (Å²) in [5, 5.41) is 3.09. The first-order chi connectivity index (χ1) is 15.2. The summed E-state index contributed by atoms with van der Waals surface area (Å²) in [6.07, 6.45) is 4.91. The van der Waals surface area contributed by atoms with Gasteiger partial charge in [-0.1, -0.05) is 13.8 Å². The molecule has 1 amide bonds. The van der Waals surface area contributed by atoms with E-state index < -0.39 is 12.4 Å². The minimum Gasteiger partial charge on any atom is -0.432 e. The number of aromatic amines is 1. The Morgan fingerprint density at radius 1 is 1.31 bits per heavy atom. The van der Waals surface area contributed by atoms with Crippen molar-refractivity contribution in [2.45, 2.75) is 65.0 Å². The predicted octanol–water partition coefficient (Wildman–Crippen LogP) is 4.25. The number of likely N-dealkylation sites (tertiary alicyclic amines) is 1. The average molecular weight is 453 g/mol. The van der Waals surface area contributed by atoms with E-state index in [-0.39, 0.29) is 28.1 Å². The second kappa shape index (κ2) is 8.57. The van der Waals surface area contributed by atoms with Crippen LogP contribution in [0.4, 0.5) is 13.2 Å². The maximum atomic E-state index is 13.7. The summed E-state index contributed by atoms with van der Waals surface area (Å²) in [6, 6.07) is 2.17. The van der Waals surface area contributed by atoms with E-state index in [2.05, 4.69) is 31.8 Å². The highest BCUT2D eigenvalue weighted by Crippen LogP contribution is 2.52. The molecule has 2 N–H and O–H groups in total. The number of ether oxygens (including phenoxy) is 1. The number of nitrogens with one attached hydrogen (secondary N) is 2. The molecule has 2 heterocycles. The lowest BCUT2D eigenvalue weighted by Crippen LogP contribution is -2.64. The van der Waals surface area contributed by atoms with Gasteiger partial charge in [-0.25, -0.2) is 9.37 Å². The van der Waals surface area contributed by atoms with Crippen LogP contribution in [0.1, 0.15) is 52.3 Å². The van der Waals surface area contributed by atoms with Crippen LogP contribution in [0, 0.1) is 17.2 Å². The van der Waals surface area contributed by atoms with Crippen molar-refractivity contribution < 1.29 is 22.7 Å². The van der Waals surface area contributed by atoms with Gasteiger partial charge in [0.25, 0.3) is 0 Å². The number of halogens is 3. The molecule has 0 bridgehead atoms. The van der Waals surface area contributed by atoms with Crippen molar-refractivity contribution >= 4 is 16.9 Å². The number of nitrogens with zero attached hydrogens (tertiary/aromatic N) is 2. The van der Waals surface area contributed by atoms with Crippen molar-refractivity contribution in [2.75, 3.05) is 19.6 Å². The number of hydrogen-bond acceptors (Lipinski definition) is 4. The molecule has 32 heavy (non-hydrogen) atoms. The molecule has 3 fully saturated rings. The normalized spacial score (nSPS) is 21.0. The number of rotatable bonds is 7. The molecule has 1 aromatic heterocycles. The van der Waals surface area contributed by atoms with E-state index in [4.69, 9.17) is 0 Å². The molecule has 6 nitrogen and oxygen atoms in total. The van der Waals surface area contributed by atoms with Crippen LogP contribution in [0.15, 0.2) is 12.1 Å². The molecule has 0 radical (unpaired) electrons. The monoisotopic (exact) mass is 452 g/mol. The molecule has 2 saturated carbocycles. The number of benzene rings is 1. The summed E-state index contributed by atoms with van der Waals surface area (Å²) in [5.41, 5.74) is 0.902. The first-order valence-corrected chi connectivity index (χ1v) is 11.4. The molecule has 1 aliphatic heterocycles. The zero-order valence-corrected chi connectivity index (χ0v) is 18.8. The van der Waals surface area contributed by atoms with Gasteiger partial charge in [-0.2, -0.15) is 8.78 Å². The van der Waals surface area contributed by atoms with E-state index in [9.17, 15) is 18.0 Å². The number of fused-ring (bicyclic) bond motifs is 1. The van der Waals surface area contributed by atoms with E-state index in [1.54, 1.807) is 0 Å². The average Bonchev–Trinajstić information content (AvgIpc) is 3.23. The Balaban J connectivity index is 0.00000119. The Hall–Kier alpha value is -2.29. The third kappa shape index (κ3) is 4.87. The van der Waals surface area contributed by atoms with E-state index in [0.717, 1.165) is 44.8 Å². The summed E-state index contributed by atoms with van der Waals surface area (Å²) < 4.78 is 43.2. The molecule has 0 atom stereocenters. The number of aromatic nitrogens is 2. The van der Waals surface area contributed by atoms with Crippen LogP contribution >= 0.6 is 0 Å². The number of carbonyl (C=O) groups is 1. The van der Waals surface area contributed by atoms with Gasteiger partial charge in [-0.3, -0.25) is 9.69 Å². The fourth-order valence-electron chi connectivity index (χ4n) is 5.13. The van der Waals surface area contributed by atoms with Crippen LogP contribution in [0.2, 0.25) is 0 Å². The predicted molar refractivity (Wildman–Crippen MR) is 115 cm³/mol. The van der Waals surface area contributed by atoms with Gasteiger partial charge in [-0.05, 0) is 50.0 Å². The van der Waals surface area contributed by atoms with Crippen LogP contribution in [0.3, 0.4) is 0 Å². The maximum absolute atomic E-state index is 13.7. The van der Waals surface area contributed by atoms with Gasteiger partial charge in [0.1, 0.15) is 17.2 Å². The molecule has 1 saturated heterocycles. The van der Waals surface area contributed by atoms with Gasteiger partial charge in [-0.15, -0.1) is 0 Å². The maximum Gasteiger partial charge on any atom is 0.387 e. The first kappa shape index (κ1) is 22.9. The van der Waals surface area contributed by atoms with Gasteiger partial charge in [0.15, 0.2) is 5.75 Å². The lowest BCUT2D eigenvalue weighted by Gasteiger charge is -2.59. The molecule has 2 aliphatic carbocycles. The molecule has 2 aromatic rings. The Bertz CT molecular complexity index is 975. The topological polar surface area (TPSA) is 70.2 Å². The smallest absolute Gasteiger partial charge is 0.387 e. The van der Waals surface area contributed by atoms with Crippen molar-refractivity contribution in [3.05, 3.63) is 23.8 Å². The van der Waals surface area contributed by atoms with Crippen molar-refractivity contribution in [1.29, 1.82) is 0 Å². The number of hydrogen-bond donors (Lipinski definition) is 2. The molecule has 3 aliphatic rings. The Morgan fingerprint density at radius 2 is 2.00 bits per heavy atom. The molecule has 5 rings (SSSR count). The molecule has 9 heteroatoms. The zero-order chi connectivity index (χ0) is 23.1. The minimum absolute atomic E-state index is 0.0247. The number of H-pyrrole nitrogens is 1. The van der Waals surface area contributed by atoms with E-state index in [1.165, 1.54) is 6.07 Å². The van der Waals surface area contributed by atoms with E-state index >= 15 is 0 Å². The Labute approximate surface area is 185 Å². The number of carbonyl (C=O) groups excluding carboxylic acids is 1. The quantitative estimate of drug-likeness (QED) is 0.659. The summed E-state index contributed by atoms with van der Waals surface area (Å²) in [5.74, 6) is 0.307. The zero-order valence-electron chi connectivity index (χ0n) is 18.8. The summed E-state index contributed by atoms with van der Waals surface area (Å²) >= 11 is 0. The second-order valence-electron chi connectivity index (χ2n) is 9.59. The van der Waals surface area contributed by atoms with Gasteiger partial charge >= 0.3 is 6.61 Å². The standard InChI is InChI=1S/C21H25F3N4O2.C2H6/c1-20(2-3-20)27-17(29)9-28-10-21(11-28)7-12(8-21)4-16-25-14-5-13(22)6-15(18(14)26-16)30-19(23)24;1-2/h5-6,12,19H,2-4,7-11H2,1H3,(H,25,26)(H,27,29);1-2H3. The highest BCUT2D eigenvalue weighted by Gasteiger charge is 2.52. The molecular weight excluding hydrogens is 421 g/mol. The third-order valence-electron chi connectivity index (χ3n) is 6.63. The van der Waals surface area contributed by atoms with E-state index in [0.29, 0.717) is 30.2 Å².